The molecule has 2 aromatic carbocycles. The maximum absolute atomic E-state index is 13.0. The second-order valence-corrected chi connectivity index (χ2v) is 8.18. The van der Waals surface area contributed by atoms with Crippen LogP contribution in [-0.2, 0) is 14.3 Å². The standard InChI is InChI=1S/C23H27NO5/c1-23(2,3)29-22(27)24-15-18(25)14-19(24)21(26)28-20(16-10-6-4-7-11-16)17-12-8-5-9-13-17/h4-13,18-20,25H,14-15H2,1-3H3/t18-,19-/m1/s1. The predicted octanol–water partition coefficient (Wildman–Crippen LogP) is 3.69. The molecule has 3 rings (SSSR count). The van der Waals surface area contributed by atoms with Crippen molar-refractivity contribution in [3.63, 3.8) is 0 Å². The Balaban J connectivity index is 1.82. The Bertz CT molecular complexity index is 792. The first kappa shape index (κ1) is 20.9. The van der Waals surface area contributed by atoms with Crippen LogP contribution >= 0.6 is 0 Å². The molecule has 1 saturated heterocycles. The largest absolute Gasteiger partial charge is 0.451 e. The molecular formula is C23H27NO5. The summed E-state index contributed by atoms with van der Waals surface area (Å²) in [4.78, 5) is 26.8. The van der Waals surface area contributed by atoms with Crippen LogP contribution in [0.25, 0.3) is 0 Å². The molecule has 0 radical (unpaired) electrons. The third-order valence-electron chi connectivity index (χ3n) is 4.62. The zero-order chi connectivity index (χ0) is 21.0. The van der Waals surface area contributed by atoms with Crippen LogP contribution in [0.2, 0.25) is 0 Å². The number of nitrogens with zero attached hydrogens (tertiary/aromatic N) is 1. The summed E-state index contributed by atoms with van der Waals surface area (Å²) in [6.07, 6.45) is -1.92. The van der Waals surface area contributed by atoms with E-state index < -0.39 is 35.9 Å². The van der Waals surface area contributed by atoms with Crippen LogP contribution in [0, 0.1) is 0 Å². The lowest BCUT2D eigenvalue weighted by Crippen LogP contribution is -2.44. The number of carbonyl (C=O) groups is 2. The first-order valence-corrected chi connectivity index (χ1v) is 9.72. The topological polar surface area (TPSA) is 76.1 Å². The number of benzene rings is 2. The molecule has 1 aliphatic rings. The van der Waals surface area contributed by atoms with Crippen molar-refractivity contribution in [3.8, 4) is 0 Å². The second-order valence-electron chi connectivity index (χ2n) is 8.18. The quantitative estimate of drug-likeness (QED) is 0.797. The number of amides is 1. The van der Waals surface area contributed by atoms with Gasteiger partial charge >= 0.3 is 12.1 Å². The average molecular weight is 397 g/mol. The maximum atomic E-state index is 13.0. The van der Waals surface area contributed by atoms with Gasteiger partial charge in [0.2, 0.25) is 0 Å². The fourth-order valence-electron chi connectivity index (χ4n) is 3.34. The van der Waals surface area contributed by atoms with E-state index in [0.717, 1.165) is 11.1 Å². The van der Waals surface area contributed by atoms with Crippen molar-refractivity contribution in [1.82, 2.24) is 4.90 Å². The van der Waals surface area contributed by atoms with Crippen molar-refractivity contribution in [2.24, 2.45) is 0 Å². The summed E-state index contributed by atoms with van der Waals surface area (Å²) in [6.45, 7) is 5.30. The summed E-state index contributed by atoms with van der Waals surface area (Å²) in [7, 11) is 0. The SMILES string of the molecule is CC(C)(C)OC(=O)N1C[C@H](O)C[C@@H]1C(=O)OC(c1ccccc1)c1ccccc1. The Morgan fingerprint density at radius 3 is 2.00 bits per heavy atom. The number of β-amino-alcohol motifs (C(OH)–C–C–N with tert-alkyl or cyclic N) is 1. The van der Waals surface area contributed by atoms with Gasteiger partial charge < -0.3 is 14.6 Å². The van der Waals surface area contributed by atoms with E-state index in [1.165, 1.54) is 4.90 Å². The van der Waals surface area contributed by atoms with Crippen molar-refractivity contribution in [3.05, 3.63) is 71.8 Å². The maximum Gasteiger partial charge on any atom is 0.411 e. The van der Waals surface area contributed by atoms with Crippen LogP contribution in [0.15, 0.2) is 60.7 Å². The number of likely N-dealkylation sites (tertiary alicyclic amines) is 1. The van der Waals surface area contributed by atoms with E-state index in [2.05, 4.69) is 0 Å². The molecule has 0 spiro atoms. The van der Waals surface area contributed by atoms with Gasteiger partial charge in [-0.1, -0.05) is 60.7 Å². The zero-order valence-electron chi connectivity index (χ0n) is 16.9. The second kappa shape index (κ2) is 8.66. The first-order valence-electron chi connectivity index (χ1n) is 9.72. The molecule has 0 aromatic heterocycles. The molecule has 1 aliphatic heterocycles. The van der Waals surface area contributed by atoms with Crippen LogP contribution in [0.5, 0.6) is 0 Å². The normalized spacial score (nSPS) is 19.3. The number of rotatable bonds is 4. The number of carbonyl (C=O) groups excluding carboxylic acids is 2. The Morgan fingerprint density at radius 2 is 1.52 bits per heavy atom. The van der Waals surface area contributed by atoms with E-state index in [1.54, 1.807) is 20.8 Å². The molecule has 1 N–H and O–H groups in total. The Labute approximate surface area is 171 Å². The van der Waals surface area contributed by atoms with E-state index in [9.17, 15) is 14.7 Å². The number of aliphatic hydroxyl groups is 1. The van der Waals surface area contributed by atoms with E-state index in [4.69, 9.17) is 9.47 Å². The third kappa shape index (κ3) is 5.35. The van der Waals surface area contributed by atoms with Gasteiger partial charge in [0.25, 0.3) is 0 Å². The molecule has 0 aliphatic carbocycles. The van der Waals surface area contributed by atoms with Crippen LogP contribution in [0.4, 0.5) is 4.79 Å². The van der Waals surface area contributed by atoms with Crippen molar-refractivity contribution >= 4 is 12.1 Å². The van der Waals surface area contributed by atoms with Gasteiger partial charge in [0.1, 0.15) is 11.6 Å². The number of esters is 1. The summed E-state index contributed by atoms with van der Waals surface area (Å²) < 4.78 is 11.3. The highest BCUT2D eigenvalue weighted by molar-refractivity contribution is 5.82. The smallest absolute Gasteiger partial charge is 0.411 e. The molecule has 154 valence electrons. The third-order valence-corrected chi connectivity index (χ3v) is 4.62. The zero-order valence-corrected chi connectivity index (χ0v) is 16.9. The van der Waals surface area contributed by atoms with Crippen LogP contribution < -0.4 is 0 Å². The molecular weight excluding hydrogens is 370 g/mol. The summed E-state index contributed by atoms with van der Waals surface area (Å²) in [5, 5.41) is 10.1. The Hall–Kier alpha value is -2.86. The van der Waals surface area contributed by atoms with Crippen molar-refractivity contribution in [1.29, 1.82) is 0 Å². The van der Waals surface area contributed by atoms with Gasteiger partial charge in [-0.2, -0.15) is 0 Å². The lowest BCUT2D eigenvalue weighted by atomic mass is 10.0. The molecule has 6 heteroatoms. The molecule has 1 heterocycles. The highest BCUT2D eigenvalue weighted by Gasteiger charge is 2.42. The van der Waals surface area contributed by atoms with Crippen LogP contribution in [0.3, 0.4) is 0 Å². The molecule has 2 atom stereocenters. The molecule has 1 amide bonds. The van der Waals surface area contributed by atoms with Gasteiger partial charge in [-0.3, -0.25) is 4.90 Å². The van der Waals surface area contributed by atoms with E-state index in [1.807, 2.05) is 60.7 Å². The molecule has 29 heavy (non-hydrogen) atoms. The molecule has 0 unspecified atom stereocenters. The number of hydrogen-bond acceptors (Lipinski definition) is 5. The summed E-state index contributed by atoms with van der Waals surface area (Å²) in [6, 6.07) is 18.0. The van der Waals surface area contributed by atoms with E-state index >= 15 is 0 Å². The fourth-order valence-corrected chi connectivity index (χ4v) is 3.34. The van der Waals surface area contributed by atoms with Crippen LogP contribution in [0.1, 0.15) is 44.4 Å². The van der Waals surface area contributed by atoms with Crippen molar-refractivity contribution in [2.75, 3.05) is 6.54 Å². The van der Waals surface area contributed by atoms with Gasteiger partial charge in [0.15, 0.2) is 6.10 Å². The van der Waals surface area contributed by atoms with Crippen molar-refractivity contribution in [2.45, 2.75) is 51.0 Å². The monoisotopic (exact) mass is 397 g/mol. The summed E-state index contributed by atoms with van der Waals surface area (Å²) >= 11 is 0. The van der Waals surface area contributed by atoms with Crippen molar-refractivity contribution < 1.29 is 24.2 Å². The van der Waals surface area contributed by atoms with Gasteiger partial charge in [-0.05, 0) is 31.9 Å². The van der Waals surface area contributed by atoms with Gasteiger partial charge in [0, 0.05) is 6.42 Å². The minimum atomic E-state index is -0.894. The lowest BCUT2D eigenvalue weighted by Gasteiger charge is -2.28. The molecule has 0 saturated carbocycles. The molecule has 1 fully saturated rings. The van der Waals surface area contributed by atoms with Gasteiger partial charge in [-0.15, -0.1) is 0 Å². The van der Waals surface area contributed by atoms with E-state index in [0.29, 0.717) is 0 Å². The van der Waals surface area contributed by atoms with Gasteiger partial charge in [0.05, 0.1) is 12.6 Å². The fraction of sp³-hybridized carbons (Fsp3) is 0.391. The summed E-state index contributed by atoms with van der Waals surface area (Å²) in [5.41, 5.74) is 0.958. The average Bonchev–Trinajstić information content (AvgIpc) is 3.08. The minimum absolute atomic E-state index is 0.0377. The molecule has 0 bridgehead atoms. The van der Waals surface area contributed by atoms with Gasteiger partial charge in [-0.25, -0.2) is 9.59 Å². The first-order chi connectivity index (χ1) is 13.7. The lowest BCUT2D eigenvalue weighted by molar-refractivity contribution is -0.152. The summed E-state index contributed by atoms with van der Waals surface area (Å²) in [5.74, 6) is -0.565. The number of ether oxygens (including phenoxy) is 2. The highest BCUT2D eigenvalue weighted by Crippen LogP contribution is 2.29. The minimum Gasteiger partial charge on any atom is -0.451 e. The van der Waals surface area contributed by atoms with E-state index in [-0.39, 0.29) is 13.0 Å². The number of hydrogen-bond donors (Lipinski definition) is 1. The molecule has 6 nitrogen and oxygen atoms in total. The Morgan fingerprint density at radius 1 is 1.00 bits per heavy atom. The van der Waals surface area contributed by atoms with Crippen LogP contribution in [-0.4, -0.2) is 46.4 Å². The predicted molar refractivity (Wildman–Crippen MR) is 108 cm³/mol. The highest BCUT2D eigenvalue weighted by atomic mass is 16.6. The Kier molecular flexibility index (Phi) is 6.23. The number of aliphatic hydroxyl groups excluding tert-OH is 1. The molecule has 2 aromatic rings.